The number of aromatic nitrogens is 1. The van der Waals surface area contributed by atoms with Crippen LogP contribution in [0.1, 0.15) is 27.3 Å². The molecule has 0 saturated heterocycles. The molecule has 174 valence electrons. The molecule has 9 heteroatoms. The highest BCUT2D eigenvalue weighted by Gasteiger charge is 2.20. The van der Waals surface area contributed by atoms with Crippen molar-refractivity contribution >= 4 is 27.6 Å². The summed E-state index contributed by atoms with van der Waals surface area (Å²) >= 11 is 0. The van der Waals surface area contributed by atoms with E-state index in [1.165, 1.54) is 32.3 Å². The molecule has 0 aliphatic heterocycles. The minimum absolute atomic E-state index is 0.0492. The summed E-state index contributed by atoms with van der Waals surface area (Å²) in [6, 6.07) is 17.5. The highest BCUT2D eigenvalue weighted by Crippen LogP contribution is 2.19. The molecule has 8 nitrogen and oxygen atoms in total. The van der Waals surface area contributed by atoms with Gasteiger partial charge >= 0.3 is 5.97 Å². The van der Waals surface area contributed by atoms with E-state index in [1.807, 2.05) is 48.7 Å². The van der Waals surface area contributed by atoms with Crippen LogP contribution in [0.25, 0.3) is 0 Å². The standard InChI is InChI=1S/C24H27N3O5S/c1-17-13-22(18(2)27(17)15-19-9-6-5-7-10-19)24(29)32-16-23(28)25-20-11-8-12-21(14-20)33(30,31)26(3)4/h5-14H,15-16H2,1-4H3,(H,25,28). The van der Waals surface area contributed by atoms with Gasteiger partial charge in [0.15, 0.2) is 6.61 Å². The van der Waals surface area contributed by atoms with Gasteiger partial charge in [0.2, 0.25) is 10.0 Å². The van der Waals surface area contributed by atoms with Crippen LogP contribution in [0.3, 0.4) is 0 Å². The molecule has 0 spiro atoms. The summed E-state index contributed by atoms with van der Waals surface area (Å²) in [6.07, 6.45) is 0. The Labute approximate surface area is 193 Å². The first-order valence-corrected chi connectivity index (χ1v) is 11.7. The maximum absolute atomic E-state index is 12.6. The van der Waals surface area contributed by atoms with Crippen LogP contribution in [0, 0.1) is 13.8 Å². The Hall–Kier alpha value is -3.43. The lowest BCUT2D eigenvalue weighted by molar-refractivity contribution is -0.119. The van der Waals surface area contributed by atoms with E-state index in [9.17, 15) is 18.0 Å². The van der Waals surface area contributed by atoms with Crippen LogP contribution in [-0.2, 0) is 26.1 Å². The van der Waals surface area contributed by atoms with Crippen molar-refractivity contribution in [1.29, 1.82) is 0 Å². The molecular formula is C24H27N3O5S. The van der Waals surface area contributed by atoms with Gasteiger partial charge in [-0.05, 0) is 43.7 Å². The number of carbonyl (C=O) groups excluding carboxylic acids is 2. The van der Waals surface area contributed by atoms with Crippen LogP contribution in [0.2, 0.25) is 0 Å². The van der Waals surface area contributed by atoms with Gasteiger partial charge in [0.25, 0.3) is 5.91 Å². The minimum Gasteiger partial charge on any atom is -0.452 e. The fraction of sp³-hybridized carbons (Fsp3) is 0.250. The van der Waals surface area contributed by atoms with E-state index in [0.717, 1.165) is 21.3 Å². The SMILES string of the molecule is Cc1cc(C(=O)OCC(=O)Nc2cccc(S(=O)(=O)N(C)C)c2)c(C)n1Cc1ccccc1. The average molecular weight is 470 g/mol. The van der Waals surface area contributed by atoms with E-state index < -0.39 is 28.5 Å². The van der Waals surface area contributed by atoms with Crippen LogP contribution < -0.4 is 5.32 Å². The molecule has 0 unspecified atom stereocenters. The first-order chi connectivity index (χ1) is 15.6. The Morgan fingerprint density at radius 1 is 1.00 bits per heavy atom. The van der Waals surface area contributed by atoms with Crippen molar-refractivity contribution < 1.29 is 22.7 Å². The minimum atomic E-state index is -3.63. The van der Waals surface area contributed by atoms with E-state index in [1.54, 1.807) is 12.1 Å². The number of anilines is 1. The molecule has 0 radical (unpaired) electrons. The van der Waals surface area contributed by atoms with Crippen LogP contribution in [-0.4, -0.2) is 49.9 Å². The molecule has 1 heterocycles. The summed E-state index contributed by atoms with van der Waals surface area (Å²) in [4.78, 5) is 24.9. The van der Waals surface area contributed by atoms with Crippen molar-refractivity contribution in [2.75, 3.05) is 26.0 Å². The number of amides is 1. The Bertz CT molecular complexity index is 1260. The predicted molar refractivity (Wildman–Crippen MR) is 126 cm³/mol. The summed E-state index contributed by atoms with van der Waals surface area (Å²) in [5.74, 6) is -1.16. The topological polar surface area (TPSA) is 97.7 Å². The van der Waals surface area contributed by atoms with Crippen molar-refractivity contribution in [3.05, 3.63) is 83.2 Å². The Kier molecular flexibility index (Phi) is 7.35. The van der Waals surface area contributed by atoms with E-state index in [-0.39, 0.29) is 4.90 Å². The molecular weight excluding hydrogens is 442 g/mol. The third-order valence-electron chi connectivity index (χ3n) is 5.21. The van der Waals surface area contributed by atoms with Crippen molar-refractivity contribution in [3.8, 4) is 0 Å². The lowest BCUT2D eigenvalue weighted by Crippen LogP contribution is -2.23. The van der Waals surface area contributed by atoms with Crippen molar-refractivity contribution in [1.82, 2.24) is 8.87 Å². The first kappa shape index (κ1) is 24.2. The number of carbonyl (C=O) groups is 2. The van der Waals surface area contributed by atoms with Gasteiger partial charge < -0.3 is 14.6 Å². The highest BCUT2D eigenvalue weighted by atomic mass is 32.2. The van der Waals surface area contributed by atoms with Crippen LogP contribution in [0.5, 0.6) is 0 Å². The van der Waals surface area contributed by atoms with Crippen LogP contribution in [0.4, 0.5) is 5.69 Å². The van der Waals surface area contributed by atoms with E-state index in [0.29, 0.717) is 17.8 Å². The number of hydrogen-bond acceptors (Lipinski definition) is 5. The van der Waals surface area contributed by atoms with Crippen LogP contribution in [0.15, 0.2) is 65.6 Å². The maximum atomic E-state index is 12.6. The van der Waals surface area contributed by atoms with Gasteiger partial charge in [-0.3, -0.25) is 4.79 Å². The van der Waals surface area contributed by atoms with Crippen molar-refractivity contribution in [2.45, 2.75) is 25.3 Å². The Balaban J connectivity index is 1.64. The molecule has 33 heavy (non-hydrogen) atoms. The molecule has 1 amide bonds. The highest BCUT2D eigenvalue weighted by molar-refractivity contribution is 7.89. The lowest BCUT2D eigenvalue weighted by atomic mass is 10.2. The number of nitrogens with one attached hydrogen (secondary N) is 1. The summed E-state index contributed by atoms with van der Waals surface area (Å²) in [7, 11) is -0.777. The zero-order valence-corrected chi connectivity index (χ0v) is 19.8. The molecule has 0 atom stereocenters. The first-order valence-electron chi connectivity index (χ1n) is 10.3. The molecule has 1 aromatic heterocycles. The molecule has 0 bridgehead atoms. The zero-order chi connectivity index (χ0) is 24.2. The second-order valence-corrected chi connectivity index (χ2v) is 9.95. The third kappa shape index (κ3) is 5.68. The Morgan fingerprint density at radius 2 is 1.70 bits per heavy atom. The van der Waals surface area contributed by atoms with Gasteiger partial charge in [-0.1, -0.05) is 36.4 Å². The van der Waals surface area contributed by atoms with Gasteiger partial charge in [-0.25, -0.2) is 17.5 Å². The molecule has 2 aromatic carbocycles. The molecule has 3 aromatic rings. The van der Waals surface area contributed by atoms with E-state index in [2.05, 4.69) is 5.32 Å². The summed E-state index contributed by atoms with van der Waals surface area (Å²) in [5, 5.41) is 2.56. The smallest absolute Gasteiger partial charge is 0.340 e. The number of aryl methyl sites for hydroxylation is 1. The number of rotatable bonds is 8. The fourth-order valence-electron chi connectivity index (χ4n) is 3.37. The number of benzene rings is 2. The largest absolute Gasteiger partial charge is 0.452 e. The van der Waals surface area contributed by atoms with Gasteiger partial charge in [0, 0.05) is 37.7 Å². The molecule has 3 rings (SSSR count). The number of sulfonamides is 1. The number of hydrogen-bond donors (Lipinski definition) is 1. The third-order valence-corrected chi connectivity index (χ3v) is 7.02. The monoisotopic (exact) mass is 469 g/mol. The summed E-state index contributed by atoms with van der Waals surface area (Å²) in [6.45, 7) is 3.88. The fourth-order valence-corrected chi connectivity index (χ4v) is 4.32. The van der Waals surface area contributed by atoms with Gasteiger partial charge in [0.1, 0.15) is 0 Å². The zero-order valence-electron chi connectivity index (χ0n) is 19.0. The van der Waals surface area contributed by atoms with Gasteiger partial charge in [-0.2, -0.15) is 0 Å². The van der Waals surface area contributed by atoms with Crippen molar-refractivity contribution in [2.24, 2.45) is 0 Å². The number of esters is 1. The molecule has 1 N–H and O–H groups in total. The normalized spacial score (nSPS) is 11.4. The molecule has 0 saturated carbocycles. The molecule has 0 aliphatic rings. The second kappa shape index (κ2) is 10.0. The van der Waals surface area contributed by atoms with E-state index >= 15 is 0 Å². The summed E-state index contributed by atoms with van der Waals surface area (Å²) in [5.41, 5.74) is 3.46. The second-order valence-electron chi connectivity index (χ2n) is 7.80. The van der Waals surface area contributed by atoms with E-state index in [4.69, 9.17) is 4.74 Å². The average Bonchev–Trinajstić information content (AvgIpc) is 3.06. The number of ether oxygens (including phenoxy) is 1. The van der Waals surface area contributed by atoms with Gasteiger partial charge in [-0.15, -0.1) is 0 Å². The summed E-state index contributed by atoms with van der Waals surface area (Å²) < 4.78 is 32.8. The quantitative estimate of drug-likeness (QED) is 0.511. The Morgan fingerprint density at radius 3 is 2.36 bits per heavy atom. The number of nitrogens with zero attached hydrogens (tertiary/aromatic N) is 2. The van der Waals surface area contributed by atoms with Gasteiger partial charge in [0.05, 0.1) is 10.5 Å². The molecule has 0 fully saturated rings. The van der Waals surface area contributed by atoms with Crippen LogP contribution >= 0.6 is 0 Å². The van der Waals surface area contributed by atoms with Crippen molar-refractivity contribution in [3.63, 3.8) is 0 Å². The lowest BCUT2D eigenvalue weighted by Gasteiger charge is -2.13. The predicted octanol–water partition coefficient (Wildman–Crippen LogP) is 3.20. The molecule has 0 aliphatic carbocycles. The maximum Gasteiger partial charge on any atom is 0.340 e.